The van der Waals surface area contributed by atoms with Crippen LogP contribution in [0.25, 0.3) is 0 Å². The minimum absolute atomic E-state index is 0.830. The van der Waals surface area contributed by atoms with Gasteiger partial charge in [-0.25, -0.2) is 4.98 Å². The lowest BCUT2D eigenvalue weighted by molar-refractivity contribution is 0.733. The molecule has 1 radical (unpaired) electrons. The fraction of sp³-hybridized carbons (Fsp3) is 0.500. The van der Waals surface area contributed by atoms with Crippen LogP contribution < -0.4 is 5.32 Å². The highest BCUT2D eigenvalue weighted by molar-refractivity contribution is 4.94. The first-order chi connectivity index (χ1) is 4.34. The molecule has 1 heterocycles. The highest BCUT2D eigenvalue weighted by Crippen LogP contribution is 1.91. The summed E-state index contributed by atoms with van der Waals surface area (Å²) in [5, 5.41) is 3.02. The molecule has 0 aliphatic heterocycles. The van der Waals surface area contributed by atoms with Gasteiger partial charge < -0.3 is 9.88 Å². The third kappa shape index (κ3) is 1.29. The predicted molar refractivity (Wildman–Crippen MR) is 34.8 cm³/mol. The van der Waals surface area contributed by atoms with Crippen molar-refractivity contribution >= 4 is 0 Å². The molecular weight excluding hydrogens is 114 g/mol. The van der Waals surface area contributed by atoms with Crippen LogP contribution in [0.4, 0.5) is 0 Å². The van der Waals surface area contributed by atoms with E-state index in [-0.39, 0.29) is 0 Å². The maximum Gasteiger partial charge on any atom is 0.113 e. The van der Waals surface area contributed by atoms with Gasteiger partial charge in [-0.2, -0.15) is 0 Å². The maximum atomic E-state index is 3.84. The van der Waals surface area contributed by atoms with Crippen LogP contribution in [0.5, 0.6) is 0 Å². The number of nitrogens with zero attached hydrogens (tertiary/aromatic N) is 2. The summed E-state index contributed by atoms with van der Waals surface area (Å²) in [5.74, 6) is 0. The van der Waals surface area contributed by atoms with E-state index in [1.807, 2.05) is 18.7 Å². The van der Waals surface area contributed by atoms with Gasteiger partial charge in [-0.15, -0.1) is 0 Å². The molecule has 1 N–H and O–H groups in total. The number of hydrogen-bond acceptors (Lipinski definition) is 2. The third-order valence-corrected chi connectivity index (χ3v) is 1.19. The molecule has 0 amide bonds. The van der Waals surface area contributed by atoms with Crippen LogP contribution in [0.15, 0.2) is 6.33 Å². The summed E-state index contributed by atoms with van der Waals surface area (Å²) < 4.78 is 1.94. The summed E-state index contributed by atoms with van der Waals surface area (Å²) in [7, 11) is 3.86. The lowest BCUT2D eigenvalue weighted by atomic mass is 10.5. The van der Waals surface area contributed by atoms with Gasteiger partial charge in [-0.1, -0.05) is 0 Å². The summed E-state index contributed by atoms with van der Waals surface area (Å²) >= 11 is 0. The van der Waals surface area contributed by atoms with Crippen molar-refractivity contribution in [1.82, 2.24) is 14.9 Å². The molecule has 0 unspecified atom stereocenters. The molecule has 0 aromatic carbocycles. The van der Waals surface area contributed by atoms with Crippen molar-refractivity contribution in [1.29, 1.82) is 0 Å². The standard InChI is InChI=1S/C6H10N3/c1-7-3-6-4-8-5-9(6)2/h5,7H,3H2,1-2H3. The molecule has 0 atom stereocenters. The molecule has 0 spiro atoms. The molecule has 1 aromatic rings. The molecule has 0 saturated heterocycles. The summed E-state index contributed by atoms with van der Waals surface area (Å²) in [6, 6.07) is 0. The number of hydrogen-bond donors (Lipinski definition) is 1. The van der Waals surface area contributed by atoms with Crippen LogP contribution in [-0.4, -0.2) is 16.6 Å². The third-order valence-electron chi connectivity index (χ3n) is 1.19. The largest absolute Gasteiger partial charge is 0.336 e. The Morgan fingerprint density at radius 2 is 2.67 bits per heavy atom. The van der Waals surface area contributed by atoms with Gasteiger partial charge in [0.05, 0.1) is 12.0 Å². The minimum atomic E-state index is 0.830. The molecule has 0 bridgehead atoms. The second-order valence-corrected chi connectivity index (χ2v) is 1.94. The van der Waals surface area contributed by atoms with Gasteiger partial charge in [-0.05, 0) is 7.05 Å². The Kier molecular flexibility index (Phi) is 1.85. The van der Waals surface area contributed by atoms with E-state index < -0.39 is 0 Å². The Bertz CT molecular complexity index is 180. The number of imidazole rings is 1. The van der Waals surface area contributed by atoms with E-state index in [2.05, 4.69) is 16.5 Å². The molecular formula is C6H10N3. The first kappa shape index (κ1) is 6.29. The van der Waals surface area contributed by atoms with Crippen molar-refractivity contribution in [2.45, 2.75) is 6.54 Å². The summed E-state index contributed by atoms with van der Waals surface area (Å²) in [4.78, 5) is 3.84. The van der Waals surface area contributed by atoms with E-state index in [0.29, 0.717) is 0 Å². The van der Waals surface area contributed by atoms with Gasteiger partial charge in [0.2, 0.25) is 0 Å². The van der Waals surface area contributed by atoms with Crippen LogP contribution in [0, 0.1) is 6.20 Å². The molecule has 1 aromatic heterocycles. The lowest BCUT2D eigenvalue weighted by Gasteiger charge is -1.97. The Labute approximate surface area is 54.7 Å². The van der Waals surface area contributed by atoms with E-state index >= 15 is 0 Å². The number of aromatic nitrogens is 2. The van der Waals surface area contributed by atoms with Crippen LogP contribution in [-0.2, 0) is 13.6 Å². The van der Waals surface area contributed by atoms with Crippen molar-refractivity contribution in [2.75, 3.05) is 7.05 Å². The highest BCUT2D eigenvalue weighted by Gasteiger charge is 1.93. The molecule has 1 rings (SSSR count). The Balaban J connectivity index is 2.69. The van der Waals surface area contributed by atoms with Crippen molar-refractivity contribution in [3.05, 3.63) is 18.2 Å². The number of nitrogens with one attached hydrogen (secondary N) is 1. The molecule has 3 nitrogen and oxygen atoms in total. The average Bonchev–Trinajstić information content (AvgIpc) is 2.18. The smallest absolute Gasteiger partial charge is 0.113 e. The molecule has 49 valence electrons. The minimum Gasteiger partial charge on any atom is -0.336 e. The van der Waals surface area contributed by atoms with Crippen molar-refractivity contribution in [3.8, 4) is 0 Å². The molecule has 9 heavy (non-hydrogen) atoms. The summed E-state index contributed by atoms with van der Waals surface area (Å²) in [6.07, 6.45) is 4.60. The number of aryl methyl sites for hydroxylation is 1. The molecule has 0 fully saturated rings. The fourth-order valence-electron chi connectivity index (χ4n) is 0.670. The van der Waals surface area contributed by atoms with E-state index in [1.165, 1.54) is 0 Å². The van der Waals surface area contributed by atoms with Crippen LogP contribution in [0.2, 0.25) is 0 Å². The maximum absolute atomic E-state index is 3.84. The van der Waals surface area contributed by atoms with E-state index in [4.69, 9.17) is 0 Å². The van der Waals surface area contributed by atoms with Gasteiger partial charge in [0.1, 0.15) is 6.20 Å². The van der Waals surface area contributed by atoms with Crippen LogP contribution in [0.1, 0.15) is 5.69 Å². The quantitative estimate of drug-likeness (QED) is 0.598. The Morgan fingerprint density at radius 1 is 1.89 bits per heavy atom. The Morgan fingerprint density at radius 3 is 3.11 bits per heavy atom. The fourth-order valence-corrected chi connectivity index (χ4v) is 0.670. The Hall–Kier alpha value is -0.830. The lowest BCUT2D eigenvalue weighted by Crippen LogP contribution is -2.08. The molecule has 3 heteroatoms. The van der Waals surface area contributed by atoms with Gasteiger partial charge in [-0.3, -0.25) is 0 Å². The SMILES string of the molecule is CNCc1[c]ncn1C. The van der Waals surface area contributed by atoms with Gasteiger partial charge in [0.15, 0.2) is 0 Å². The monoisotopic (exact) mass is 124 g/mol. The molecule has 0 saturated carbocycles. The zero-order valence-electron chi connectivity index (χ0n) is 5.68. The highest BCUT2D eigenvalue weighted by atomic mass is 15.0. The van der Waals surface area contributed by atoms with Crippen LogP contribution in [0.3, 0.4) is 0 Å². The second kappa shape index (κ2) is 2.64. The predicted octanol–water partition coefficient (Wildman–Crippen LogP) is -0.0603. The average molecular weight is 124 g/mol. The van der Waals surface area contributed by atoms with Gasteiger partial charge in [0.25, 0.3) is 0 Å². The first-order valence-electron chi connectivity index (χ1n) is 2.87. The van der Waals surface area contributed by atoms with Crippen molar-refractivity contribution in [2.24, 2.45) is 7.05 Å². The second-order valence-electron chi connectivity index (χ2n) is 1.94. The zero-order valence-corrected chi connectivity index (χ0v) is 5.68. The normalized spacial score (nSPS) is 10.0. The van der Waals surface area contributed by atoms with Crippen molar-refractivity contribution < 1.29 is 0 Å². The van der Waals surface area contributed by atoms with Gasteiger partial charge in [0, 0.05) is 13.6 Å². The molecule has 0 aliphatic carbocycles. The van der Waals surface area contributed by atoms with E-state index in [9.17, 15) is 0 Å². The molecule has 0 aliphatic rings. The first-order valence-corrected chi connectivity index (χ1v) is 2.87. The van der Waals surface area contributed by atoms with Crippen molar-refractivity contribution in [3.63, 3.8) is 0 Å². The summed E-state index contributed by atoms with van der Waals surface area (Å²) in [6.45, 7) is 0.830. The van der Waals surface area contributed by atoms with E-state index in [0.717, 1.165) is 12.2 Å². The van der Waals surface area contributed by atoms with Crippen LogP contribution >= 0.6 is 0 Å². The topological polar surface area (TPSA) is 29.9 Å². The van der Waals surface area contributed by atoms with E-state index in [1.54, 1.807) is 6.33 Å². The number of rotatable bonds is 2. The zero-order chi connectivity index (χ0) is 6.69. The van der Waals surface area contributed by atoms with Gasteiger partial charge >= 0.3 is 0 Å². The summed E-state index contributed by atoms with van der Waals surface area (Å²) in [5.41, 5.74) is 1.08.